The summed E-state index contributed by atoms with van der Waals surface area (Å²) in [5.41, 5.74) is 4.08. The van der Waals surface area contributed by atoms with Crippen LogP contribution < -0.4 is 0 Å². The van der Waals surface area contributed by atoms with Gasteiger partial charge in [0.2, 0.25) is 0 Å². The molecular weight excluding hydrogens is 350 g/mol. The second kappa shape index (κ2) is 7.33. The number of aromatic nitrogens is 2. The van der Waals surface area contributed by atoms with Crippen molar-refractivity contribution in [1.29, 1.82) is 0 Å². The van der Waals surface area contributed by atoms with Gasteiger partial charge in [-0.3, -0.25) is 4.90 Å². The summed E-state index contributed by atoms with van der Waals surface area (Å²) in [6, 6.07) is 8.77. The zero-order valence-electron chi connectivity index (χ0n) is 16.1. The van der Waals surface area contributed by atoms with Crippen LogP contribution in [0.2, 0.25) is 0 Å². The Kier molecular flexibility index (Phi) is 4.70. The Morgan fingerprint density at radius 1 is 1.15 bits per heavy atom. The third-order valence-electron chi connectivity index (χ3n) is 6.31. The molecule has 0 amide bonds. The summed E-state index contributed by atoms with van der Waals surface area (Å²) in [5.74, 6) is 1.71. The van der Waals surface area contributed by atoms with Crippen LogP contribution in [0.5, 0.6) is 0 Å². The van der Waals surface area contributed by atoms with Gasteiger partial charge in [-0.1, -0.05) is 37.5 Å². The zero-order chi connectivity index (χ0) is 18.2. The van der Waals surface area contributed by atoms with Gasteiger partial charge in [-0.2, -0.15) is 0 Å². The maximum Gasteiger partial charge on any atom is 0.131 e. The summed E-state index contributed by atoms with van der Waals surface area (Å²) in [6.07, 6.45) is 9.79. The third kappa shape index (κ3) is 3.41. The maximum absolute atomic E-state index is 5.00. The second-order valence-electron chi connectivity index (χ2n) is 8.14. The quantitative estimate of drug-likeness (QED) is 0.594. The third-order valence-corrected chi connectivity index (χ3v) is 7.57. The predicted molar refractivity (Wildman–Crippen MR) is 112 cm³/mol. The van der Waals surface area contributed by atoms with Crippen molar-refractivity contribution < 1.29 is 0 Å². The number of aryl methyl sites for hydroxylation is 1. The van der Waals surface area contributed by atoms with Crippen molar-refractivity contribution in [2.24, 2.45) is 0 Å². The Morgan fingerprint density at radius 3 is 2.85 bits per heavy atom. The van der Waals surface area contributed by atoms with Crippen LogP contribution in [0, 0.1) is 6.92 Å². The number of nitrogens with zero attached hydrogens (tertiary/aromatic N) is 3. The van der Waals surface area contributed by atoms with E-state index in [1.54, 1.807) is 0 Å². The predicted octanol–water partition coefficient (Wildman–Crippen LogP) is 5.61. The van der Waals surface area contributed by atoms with Gasteiger partial charge in [0.25, 0.3) is 0 Å². The van der Waals surface area contributed by atoms with Gasteiger partial charge in [0, 0.05) is 59.0 Å². The summed E-state index contributed by atoms with van der Waals surface area (Å²) in [4.78, 5) is 13.8. The SMILES string of the molecule is Cc1c(CN2CCc3nc(C4CCCCC4)ncc3C2)sc2ccccc12. The number of hydrogen-bond donors (Lipinski definition) is 0. The molecule has 0 bridgehead atoms. The van der Waals surface area contributed by atoms with Gasteiger partial charge in [-0.15, -0.1) is 11.3 Å². The summed E-state index contributed by atoms with van der Waals surface area (Å²) in [6.45, 7) is 5.39. The molecule has 0 spiro atoms. The average molecular weight is 378 g/mol. The normalized spacial score (nSPS) is 18.7. The lowest BCUT2D eigenvalue weighted by Crippen LogP contribution is -2.31. The molecular formula is C23H27N3S. The molecule has 4 heteroatoms. The van der Waals surface area contributed by atoms with Gasteiger partial charge in [-0.05, 0) is 36.8 Å². The molecule has 0 unspecified atom stereocenters. The van der Waals surface area contributed by atoms with Crippen LogP contribution in [0.15, 0.2) is 30.5 Å². The minimum absolute atomic E-state index is 0.600. The molecule has 0 N–H and O–H groups in total. The lowest BCUT2D eigenvalue weighted by atomic mass is 9.88. The fourth-order valence-electron chi connectivity index (χ4n) is 4.66. The molecule has 3 nitrogen and oxygen atoms in total. The number of fused-ring (bicyclic) bond motifs is 2. The van der Waals surface area contributed by atoms with Crippen molar-refractivity contribution in [3.05, 3.63) is 58.0 Å². The molecule has 1 saturated carbocycles. The van der Waals surface area contributed by atoms with Crippen molar-refractivity contribution in [2.75, 3.05) is 6.54 Å². The highest BCUT2D eigenvalue weighted by atomic mass is 32.1. The number of benzene rings is 1. The van der Waals surface area contributed by atoms with Gasteiger partial charge in [0.1, 0.15) is 5.82 Å². The van der Waals surface area contributed by atoms with E-state index in [1.807, 2.05) is 11.3 Å². The summed E-state index contributed by atoms with van der Waals surface area (Å²) < 4.78 is 1.41. The van der Waals surface area contributed by atoms with Crippen LogP contribution in [-0.4, -0.2) is 21.4 Å². The van der Waals surface area contributed by atoms with E-state index in [0.717, 1.165) is 31.9 Å². The lowest BCUT2D eigenvalue weighted by Gasteiger charge is -2.29. The molecule has 3 heterocycles. The van der Waals surface area contributed by atoms with E-state index < -0.39 is 0 Å². The van der Waals surface area contributed by atoms with E-state index in [-0.39, 0.29) is 0 Å². The number of hydrogen-bond acceptors (Lipinski definition) is 4. The Bertz CT molecular complexity index is 955. The fourth-order valence-corrected chi connectivity index (χ4v) is 5.91. The molecule has 3 aromatic rings. The number of thiophene rings is 1. The van der Waals surface area contributed by atoms with Crippen LogP contribution in [0.4, 0.5) is 0 Å². The van der Waals surface area contributed by atoms with Gasteiger partial charge < -0.3 is 0 Å². The Morgan fingerprint density at radius 2 is 2.00 bits per heavy atom. The van der Waals surface area contributed by atoms with Gasteiger partial charge in [0.15, 0.2) is 0 Å². The molecule has 0 radical (unpaired) electrons. The van der Waals surface area contributed by atoms with Crippen LogP contribution in [-0.2, 0) is 19.5 Å². The molecule has 140 valence electrons. The minimum atomic E-state index is 0.600. The summed E-state index contributed by atoms with van der Waals surface area (Å²) in [7, 11) is 0. The first-order valence-electron chi connectivity index (χ1n) is 10.3. The molecule has 0 saturated heterocycles. The first-order valence-corrected chi connectivity index (χ1v) is 11.1. The van der Waals surface area contributed by atoms with Gasteiger partial charge >= 0.3 is 0 Å². The smallest absolute Gasteiger partial charge is 0.131 e. The molecule has 27 heavy (non-hydrogen) atoms. The van der Waals surface area contributed by atoms with Crippen molar-refractivity contribution in [1.82, 2.24) is 14.9 Å². The first-order chi connectivity index (χ1) is 13.3. The molecule has 1 aliphatic carbocycles. The zero-order valence-corrected chi connectivity index (χ0v) is 16.9. The van der Waals surface area contributed by atoms with Gasteiger partial charge in [-0.25, -0.2) is 9.97 Å². The van der Waals surface area contributed by atoms with E-state index in [2.05, 4.69) is 42.3 Å². The van der Waals surface area contributed by atoms with Crippen LogP contribution in [0.3, 0.4) is 0 Å². The minimum Gasteiger partial charge on any atom is -0.293 e. The average Bonchev–Trinajstić information content (AvgIpc) is 3.04. The van der Waals surface area contributed by atoms with Crippen molar-refractivity contribution in [3.63, 3.8) is 0 Å². The standard InChI is InChI=1S/C23H27N3S/c1-16-19-9-5-6-10-21(19)27-22(16)15-26-12-11-20-18(14-26)13-24-23(25-20)17-7-3-2-4-8-17/h5-6,9-10,13,17H,2-4,7-8,11-12,14-15H2,1H3. The molecule has 5 rings (SSSR count). The lowest BCUT2D eigenvalue weighted by molar-refractivity contribution is 0.244. The first kappa shape index (κ1) is 17.3. The molecule has 1 aliphatic heterocycles. The Hall–Kier alpha value is -1.78. The monoisotopic (exact) mass is 377 g/mol. The molecule has 2 aliphatic rings. The van der Waals surface area contributed by atoms with Gasteiger partial charge in [0.05, 0.1) is 0 Å². The van der Waals surface area contributed by atoms with Crippen LogP contribution in [0.25, 0.3) is 10.1 Å². The van der Waals surface area contributed by atoms with Crippen molar-refractivity contribution in [2.45, 2.75) is 64.5 Å². The highest BCUT2D eigenvalue weighted by molar-refractivity contribution is 7.19. The molecule has 1 aromatic carbocycles. The van der Waals surface area contributed by atoms with E-state index in [4.69, 9.17) is 9.97 Å². The number of rotatable bonds is 3. The summed E-state index contributed by atoms with van der Waals surface area (Å²) in [5, 5.41) is 1.41. The van der Waals surface area contributed by atoms with E-state index in [9.17, 15) is 0 Å². The Labute approximate surface area is 165 Å². The topological polar surface area (TPSA) is 29.0 Å². The van der Waals surface area contributed by atoms with E-state index in [0.29, 0.717) is 5.92 Å². The molecule has 1 fully saturated rings. The fraction of sp³-hybridized carbons (Fsp3) is 0.478. The highest BCUT2D eigenvalue weighted by Crippen LogP contribution is 2.33. The van der Waals surface area contributed by atoms with Crippen LogP contribution in [0.1, 0.15) is 65.5 Å². The Balaban J connectivity index is 1.32. The van der Waals surface area contributed by atoms with E-state index >= 15 is 0 Å². The highest BCUT2D eigenvalue weighted by Gasteiger charge is 2.23. The largest absolute Gasteiger partial charge is 0.293 e. The maximum atomic E-state index is 5.00. The van der Waals surface area contributed by atoms with E-state index in [1.165, 1.54) is 63.9 Å². The van der Waals surface area contributed by atoms with Crippen LogP contribution >= 0.6 is 11.3 Å². The van der Waals surface area contributed by atoms with Crippen molar-refractivity contribution in [3.8, 4) is 0 Å². The summed E-state index contributed by atoms with van der Waals surface area (Å²) >= 11 is 1.95. The molecule has 0 atom stereocenters. The van der Waals surface area contributed by atoms with Crippen molar-refractivity contribution >= 4 is 21.4 Å². The molecule has 2 aromatic heterocycles. The second-order valence-corrected chi connectivity index (χ2v) is 9.28.